The Balaban J connectivity index is 2.42. The van der Waals surface area contributed by atoms with Crippen molar-refractivity contribution in [3.05, 3.63) is 0 Å². The summed E-state index contributed by atoms with van der Waals surface area (Å²) in [5, 5.41) is 3.93. The lowest BCUT2D eigenvalue weighted by Crippen LogP contribution is -2.40. The summed E-state index contributed by atoms with van der Waals surface area (Å²) in [7, 11) is 1.56. The fourth-order valence-electron chi connectivity index (χ4n) is 1.80. The van der Waals surface area contributed by atoms with Crippen LogP contribution in [0.15, 0.2) is 5.16 Å². The number of carbonyl (C=O) groups is 1. The fourth-order valence-corrected chi connectivity index (χ4v) is 1.80. The number of amides is 1. The van der Waals surface area contributed by atoms with E-state index >= 15 is 0 Å². The Bertz CT molecular complexity index is 269. The predicted molar refractivity (Wildman–Crippen MR) is 64.3 cm³/mol. The highest BCUT2D eigenvalue weighted by Gasteiger charge is 2.24. The molecular formula is C12H22N2O2. The molecule has 0 aromatic heterocycles. The van der Waals surface area contributed by atoms with Crippen molar-refractivity contribution >= 4 is 11.6 Å². The second kappa shape index (κ2) is 5.32. The van der Waals surface area contributed by atoms with Crippen molar-refractivity contribution in [2.45, 2.75) is 40.0 Å². The Morgan fingerprint density at radius 1 is 1.38 bits per heavy atom. The lowest BCUT2D eigenvalue weighted by Gasteiger charge is -2.30. The van der Waals surface area contributed by atoms with Crippen LogP contribution in [0.4, 0.5) is 0 Å². The minimum Gasteiger partial charge on any atom is -0.399 e. The topological polar surface area (TPSA) is 41.9 Å². The van der Waals surface area contributed by atoms with Gasteiger partial charge in [0.2, 0.25) is 5.91 Å². The number of rotatable bonds is 2. The van der Waals surface area contributed by atoms with E-state index in [4.69, 9.17) is 4.84 Å². The minimum absolute atomic E-state index is 0.0674. The van der Waals surface area contributed by atoms with Gasteiger partial charge in [-0.05, 0) is 5.41 Å². The highest BCUT2D eigenvalue weighted by molar-refractivity contribution is 5.87. The van der Waals surface area contributed by atoms with Gasteiger partial charge >= 0.3 is 0 Å². The van der Waals surface area contributed by atoms with Crippen LogP contribution in [-0.2, 0) is 9.63 Å². The lowest BCUT2D eigenvalue weighted by atomic mass is 9.91. The van der Waals surface area contributed by atoms with Crippen molar-refractivity contribution in [1.82, 2.24) is 4.90 Å². The van der Waals surface area contributed by atoms with Gasteiger partial charge in [0.1, 0.15) is 7.11 Å². The van der Waals surface area contributed by atoms with Gasteiger partial charge in [0.05, 0.1) is 5.71 Å². The van der Waals surface area contributed by atoms with Crippen LogP contribution in [0.2, 0.25) is 0 Å². The van der Waals surface area contributed by atoms with Gasteiger partial charge in [-0.1, -0.05) is 25.9 Å². The van der Waals surface area contributed by atoms with Crippen molar-refractivity contribution in [3.63, 3.8) is 0 Å². The number of carbonyl (C=O) groups excluding carboxylic acids is 1. The van der Waals surface area contributed by atoms with Gasteiger partial charge in [0.15, 0.2) is 0 Å². The molecule has 0 bridgehead atoms. The van der Waals surface area contributed by atoms with Crippen molar-refractivity contribution < 1.29 is 9.63 Å². The van der Waals surface area contributed by atoms with Gasteiger partial charge in [-0.3, -0.25) is 4.79 Å². The average molecular weight is 226 g/mol. The maximum atomic E-state index is 11.9. The second-order valence-electron chi connectivity index (χ2n) is 5.46. The van der Waals surface area contributed by atoms with E-state index in [1.165, 1.54) is 0 Å². The highest BCUT2D eigenvalue weighted by atomic mass is 16.6. The molecule has 1 amide bonds. The molecule has 0 atom stereocenters. The summed E-state index contributed by atoms with van der Waals surface area (Å²) in [6.07, 6.45) is 2.29. The Labute approximate surface area is 97.6 Å². The van der Waals surface area contributed by atoms with Gasteiger partial charge in [-0.15, -0.1) is 0 Å². The second-order valence-corrected chi connectivity index (χ2v) is 5.46. The maximum Gasteiger partial charge on any atom is 0.223 e. The molecule has 1 rings (SSSR count). The van der Waals surface area contributed by atoms with E-state index in [1.54, 1.807) is 7.11 Å². The Morgan fingerprint density at radius 3 is 2.38 bits per heavy atom. The first-order valence-corrected chi connectivity index (χ1v) is 5.79. The fraction of sp³-hybridized carbons (Fsp3) is 0.833. The van der Waals surface area contributed by atoms with Crippen molar-refractivity contribution in [3.8, 4) is 0 Å². The van der Waals surface area contributed by atoms with Crippen molar-refractivity contribution in [2.75, 3.05) is 20.2 Å². The first-order valence-electron chi connectivity index (χ1n) is 5.79. The zero-order chi connectivity index (χ0) is 12.2. The molecule has 0 radical (unpaired) electrons. The number of hydrogen-bond donors (Lipinski definition) is 0. The Hall–Kier alpha value is -1.06. The summed E-state index contributed by atoms with van der Waals surface area (Å²) in [6.45, 7) is 7.82. The molecule has 0 unspecified atom stereocenters. The van der Waals surface area contributed by atoms with E-state index < -0.39 is 0 Å². The van der Waals surface area contributed by atoms with Crippen LogP contribution in [0.5, 0.6) is 0 Å². The maximum absolute atomic E-state index is 11.9. The third-order valence-electron chi connectivity index (χ3n) is 2.60. The van der Waals surface area contributed by atoms with Crippen molar-refractivity contribution in [1.29, 1.82) is 0 Å². The third-order valence-corrected chi connectivity index (χ3v) is 2.60. The molecule has 1 aliphatic rings. The van der Waals surface area contributed by atoms with E-state index in [9.17, 15) is 4.79 Å². The summed E-state index contributed by atoms with van der Waals surface area (Å²) in [4.78, 5) is 18.6. The van der Waals surface area contributed by atoms with Gasteiger partial charge in [-0.2, -0.15) is 0 Å². The smallest absolute Gasteiger partial charge is 0.223 e. The molecule has 4 heteroatoms. The number of likely N-dealkylation sites (tertiary alicyclic amines) is 1. The van der Waals surface area contributed by atoms with Gasteiger partial charge in [0, 0.05) is 32.4 Å². The molecule has 1 heterocycles. The van der Waals surface area contributed by atoms with Gasteiger partial charge < -0.3 is 9.74 Å². The molecule has 1 fully saturated rings. The molecule has 0 spiro atoms. The molecular weight excluding hydrogens is 204 g/mol. The molecule has 0 aromatic rings. The first kappa shape index (κ1) is 13.0. The average Bonchev–Trinajstić information content (AvgIpc) is 2.16. The van der Waals surface area contributed by atoms with E-state index in [-0.39, 0.29) is 11.3 Å². The minimum atomic E-state index is 0.0674. The number of piperidine rings is 1. The molecule has 0 saturated carbocycles. The van der Waals surface area contributed by atoms with Crippen LogP contribution < -0.4 is 0 Å². The standard InChI is InChI=1S/C12H22N2O2/c1-12(2,3)9-11(15)14-7-5-10(6-8-14)13-16-4/h5-9H2,1-4H3. The number of hydrogen-bond acceptors (Lipinski definition) is 3. The summed E-state index contributed by atoms with van der Waals surface area (Å²) < 4.78 is 0. The molecule has 92 valence electrons. The summed E-state index contributed by atoms with van der Waals surface area (Å²) >= 11 is 0. The summed E-state index contributed by atoms with van der Waals surface area (Å²) in [6, 6.07) is 0. The van der Waals surface area contributed by atoms with Crippen molar-refractivity contribution in [2.24, 2.45) is 10.6 Å². The quantitative estimate of drug-likeness (QED) is 0.676. The third kappa shape index (κ3) is 4.21. The molecule has 0 N–H and O–H groups in total. The first-order chi connectivity index (χ1) is 7.42. The predicted octanol–water partition coefficient (Wildman–Crippen LogP) is 2.05. The molecule has 16 heavy (non-hydrogen) atoms. The van der Waals surface area contributed by atoms with E-state index in [0.29, 0.717) is 6.42 Å². The molecule has 1 saturated heterocycles. The van der Waals surface area contributed by atoms with Crippen LogP contribution in [0, 0.1) is 5.41 Å². The van der Waals surface area contributed by atoms with Gasteiger partial charge in [0.25, 0.3) is 0 Å². The zero-order valence-corrected chi connectivity index (χ0v) is 10.7. The van der Waals surface area contributed by atoms with E-state index in [0.717, 1.165) is 31.6 Å². The van der Waals surface area contributed by atoms with E-state index in [2.05, 4.69) is 25.9 Å². The largest absolute Gasteiger partial charge is 0.399 e. The lowest BCUT2D eigenvalue weighted by molar-refractivity contribution is -0.133. The SMILES string of the molecule is CON=C1CCN(C(=O)CC(C)(C)C)CC1. The molecule has 1 aliphatic heterocycles. The number of oxime groups is 1. The molecule has 4 nitrogen and oxygen atoms in total. The molecule has 0 aromatic carbocycles. The monoisotopic (exact) mass is 226 g/mol. The van der Waals surface area contributed by atoms with Crippen LogP contribution in [0.25, 0.3) is 0 Å². The van der Waals surface area contributed by atoms with Gasteiger partial charge in [-0.25, -0.2) is 0 Å². The van der Waals surface area contributed by atoms with Crippen LogP contribution in [0.3, 0.4) is 0 Å². The Morgan fingerprint density at radius 2 is 1.94 bits per heavy atom. The van der Waals surface area contributed by atoms with Crippen LogP contribution in [0.1, 0.15) is 40.0 Å². The van der Waals surface area contributed by atoms with E-state index in [1.807, 2.05) is 4.90 Å². The summed E-state index contributed by atoms with van der Waals surface area (Å²) in [5.74, 6) is 0.254. The normalized spacial score (nSPS) is 17.2. The number of nitrogens with zero attached hydrogens (tertiary/aromatic N) is 2. The van der Waals surface area contributed by atoms with Crippen LogP contribution >= 0.6 is 0 Å². The summed E-state index contributed by atoms with van der Waals surface area (Å²) in [5.41, 5.74) is 1.13. The van der Waals surface area contributed by atoms with Crippen LogP contribution in [-0.4, -0.2) is 36.7 Å². The Kier molecular flexibility index (Phi) is 4.33. The zero-order valence-electron chi connectivity index (χ0n) is 10.7. The highest BCUT2D eigenvalue weighted by Crippen LogP contribution is 2.21. The molecule has 0 aliphatic carbocycles.